The molecule has 4 N–H and O–H groups in total. The predicted octanol–water partition coefficient (Wildman–Crippen LogP) is 11.4. The summed E-state index contributed by atoms with van der Waals surface area (Å²) in [6, 6.07) is -0.827. The SMILES string of the molecule is CCCCCCCCCCCCCC/C=C/CC/C=C/CCCC(O)C(O)C(CO)NC(=O)CCCCCCCCCCCCCC. The van der Waals surface area contributed by atoms with E-state index in [4.69, 9.17) is 0 Å². The van der Waals surface area contributed by atoms with Crippen molar-refractivity contribution in [3.8, 4) is 0 Å². The summed E-state index contributed by atoms with van der Waals surface area (Å²) < 4.78 is 0. The second kappa shape index (κ2) is 37.6. The van der Waals surface area contributed by atoms with Gasteiger partial charge in [0.2, 0.25) is 5.91 Å². The number of unbranched alkanes of at least 4 members (excludes halogenated alkanes) is 25. The standard InChI is InChI=1S/C42H81NO4/c1-3-5-7-9-11-13-15-17-18-19-20-21-22-23-24-25-26-28-30-32-34-36-40(45)42(47)39(38-44)43-41(46)37-35-33-31-29-27-16-14-12-10-8-6-4-2/h23-24,28,30,39-40,42,44-45,47H,3-22,25-27,29,31-38H2,1-2H3,(H,43,46)/b24-23+,30-28+. The van der Waals surface area contributed by atoms with Crippen LogP contribution >= 0.6 is 0 Å². The van der Waals surface area contributed by atoms with Crippen LogP contribution in [0.15, 0.2) is 24.3 Å². The first-order valence-electron chi connectivity index (χ1n) is 20.6. The van der Waals surface area contributed by atoms with Crippen LogP contribution in [0.25, 0.3) is 0 Å². The molecule has 0 rings (SSSR count). The van der Waals surface area contributed by atoms with E-state index in [0.717, 1.165) is 44.9 Å². The molecule has 0 aromatic rings. The summed E-state index contributed by atoms with van der Waals surface area (Å²) in [4.78, 5) is 12.3. The molecule has 0 spiro atoms. The molecule has 3 atom stereocenters. The second-order valence-corrected chi connectivity index (χ2v) is 14.2. The Labute approximate surface area is 292 Å². The fourth-order valence-electron chi connectivity index (χ4n) is 6.30. The van der Waals surface area contributed by atoms with Crippen molar-refractivity contribution in [3.05, 3.63) is 24.3 Å². The van der Waals surface area contributed by atoms with Crippen molar-refractivity contribution in [1.82, 2.24) is 5.32 Å². The average Bonchev–Trinajstić information content (AvgIpc) is 3.07. The van der Waals surface area contributed by atoms with Gasteiger partial charge in [0, 0.05) is 6.42 Å². The first-order valence-corrected chi connectivity index (χ1v) is 20.6. The van der Waals surface area contributed by atoms with E-state index in [-0.39, 0.29) is 12.5 Å². The lowest BCUT2D eigenvalue weighted by Crippen LogP contribution is -2.50. The van der Waals surface area contributed by atoms with Gasteiger partial charge < -0.3 is 20.6 Å². The van der Waals surface area contributed by atoms with Gasteiger partial charge in [0.05, 0.1) is 18.8 Å². The van der Waals surface area contributed by atoms with Crippen LogP contribution in [0, 0.1) is 0 Å². The molecule has 0 heterocycles. The van der Waals surface area contributed by atoms with Crippen molar-refractivity contribution >= 4 is 5.91 Å². The molecule has 0 aliphatic heterocycles. The monoisotopic (exact) mass is 664 g/mol. The average molecular weight is 664 g/mol. The topological polar surface area (TPSA) is 89.8 Å². The van der Waals surface area contributed by atoms with Gasteiger partial charge in [-0.25, -0.2) is 0 Å². The van der Waals surface area contributed by atoms with Gasteiger partial charge in [0.15, 0.2) is 0 Å². The molecule has 0 aromatic heterocycles. The summed E-state index contributed by atoms with van der Waals surface area (Å²) in [7, 11) is 0. The zero-order valence-electron chi connectivity index (χ0n) is 31.4. The van der Waals surface area contributed by atoms with E-state index in [2.05, 4.69) is 43.5 Å². The number of hydrogen-bond donors (Lipinski definition) is 4. The summed E-state index contributed by atoms with van der Waals surface area (Å²) >= 11 is 0. The van der Waals surface area contributed by atoms with Crippen LogP contribution in [0.2, 0.25) is 0 Å². The maximum atomic E-state index is 12.3. The molecule has 0 saturated carbocycles. The van der Waals surface area contributed by atoms with Gasteiger partial charge in [0.25, 0.3) is 0 Å². The Morgan fingerprint density at radius 3 is 1.30 bits per heavy atom. The smallest absolute Gasteiger partial charge is 0.220 e. The van der Waals surface area contributed by atoms with Crippen molar-refractivity contribution < 1.29 is 20.1 Å². The van der Waals surface area contributed by atoms with Gasteiger partial charge in [-0.3, -0.25) is 4.79 Å². The zero-order valence-corrected chi connectivity index (χ0v) is 31.4. The third-order valence-corrected chi connectivity index (χ3v) is 9.54. The quantitative estimate of drug-likeness (QED) is 0.0393. The molecule has 5 heteroatoms. The Bertz CT molecular complexity index is 694. The van der Waals surface area contributed by atoms with Crippen LogP contribution in [0.1, 0.15) is 213 Å². The second-order valence-electron chi connectivity index (χ2n) is 14.2. The number of nitrogens with one attached hydrogen (secondary N) is 1. The summed E-state index contributed by atoms with van der Waals surface area (Å²) in [5, 5.41) is 33.4. The van der Waals surface area contributed by atoms with Gasteiger partial charge >= 0.3 is 0 Å². The summed E-state index contributed by atoms with van der Waals surface area (Å²) in [6.45, 7) is 4.15. The largest absolute Gasteiger partial charge is 0.394 e. The lowest BCUT2D eigenvalue weighted by Gasteiger charge is -2.26. The number of aliphatic hydroxyl groups is 3. The summed E-state index contributed by atoms with van der Waals surface area (Å²) in [5.74, 6) is -0.159. The summed E-state index contributed by atoms with van der Waals surface area (Å²) in [5.41, 5.74) is 0. The van der Waals surface area contributed by atoms with Crippen LogP contribution in [0.5, 0.6) is 0 Å². The molecular formula is C42H81NO4. The first-order chi connectivity index (χ1) is 23.1. The Morgan fingerprint density at radius 1 is 0.511 bits per heavy atom. The van der Waals surface area contributed by atoms with Gasteiger partial charge in [0.1, 0.15) is 6.10 Å². The number of rotatable bonds is 37. The van der Waals surface area contributed by atoms with E-state index in [9.17, 15) is 20.1 Å². The molecule has 1 amide bonds. The lowest BCUT2D eigenvalue weighted by molar-refractivity contribution is -0.124. The van der Waals surface area contributed by atoms with Gasteiger partial charge in [-0.1, -0.05) is 179 Å². The normalized spacial score (nSPS) is 13.9. The third-order valence-electron chi connectivity index (χ3n) is 9.54. The Kier molecular flexibility index (Phi) is 36.7. The highest BCUT2D eigenvalue weighted by Crippen LogP contribution is 2.15. The minimum Gasteiger partial charge on any atom is -0.394 e. The van der Waals surface area contributed by atoms with Crippen LogP contribution in [0.3, 0.4) is 0 Å². The minimum absolute atomic E-state index is 0.159. The van der Waals surface area contributed by atoms with Crippen LogP contribution in [-0.2, 0) is 4.79 Å². The van der Waals surface area contributed by atoms with Crippen molar-refractivity contribution in [2.75, 3.05) is 6.61 Å². The number of amides is 1. The molecule has 0 aliphatic carbocycles. The number of carbonyl (C=O) groups is 1. The van der Waals surface area contributed by atoms with Crippen LogP contribution in [0.4, 0.5) is 0 Å². The number of hydrogen-bond acceptors (Lipinski definition) is 4. The minimum atomic E-state index is -1.16. The molecule has 0 bridgehead atoms. The number of carbonyl (C=O) groups excluding carboxylic acids is 1. The molecule has 0 saturated heterocycles. The molecule has 0 radical (unpaired) electrons. The van der Waals surface area contributed by atoms with E-state index >= 15 is 0 Å². The van der Waals surface area contributed by atoms with Crippen LogP contribution < -0.4 is 5.32 Å². The van der Waals surface area contributed by atoms with Crippen molar-refractivity contribution in [3.63, 3.8) is 0 Å². The molecule has 0 aliphatic rings. The Hall–Kier alpha value is -1.17. The zero-order chi connectivity index (χ0) is 34.5. The fraction of sp³-hybridized carbons (Fsp3) is 0.881. The highest BCUT2D eigenvalue weighted by atomic mass is 16.3. The Morgan fingerprint density at radius 2 is 0.872 bits per heavy atom. The van der Waals surface area contributed by atoms with Crippen molar-refractivity contribution in [2.24, 2.45) is 0 Å². The predicted molar refractivity (Wildman–Crippen MR) is 204 cm³/mol. The molecule has 5 nitrogen and oxygen atoms in total. The van der Waals surface area contributed by atoms with E-state index in [1.165, 1.54) is 141 Å². The van der Waals surface area contributed by atoms with Crippen molar-refractivity contribution in [1.29, 1.82) is 0 Å². The third kappa shape index (κ3) is 33.1. The van der Waals surface area contributed by atoms with Gasteiger partial charge in [-0.15, -0.1) is 0 Å². The molecule has 3 unspecified atom stereocenters. The maximum Gasteiger partial charge on any atom is 0.220 e. The Balaban J connectivity index is 3.70. The van der Waals surface area contributed by atoms with Crippen LogP contribution in [-0.4, -0.2) is 46.1 Å². The molecule has 0 aromatic carbocycles. The van der Waals surface area contributed by atoms with E-state index in [1.807, 2.05) is 0 Å². The first kappa shape index (κ1) is 45.8. The number of allylic oxidation sites excluding steroid dienone is 4. The highest BCUT2D eigenvalue weighted by Gasteiger charge is 2.26. The van der Waals surface area contributed by atoms with Gasteiger partial charge in [-0.05, 0) is 51.4 Å². The molecular weight excluding hydrogens is 582 g/mol. The summed E-state index contributed by atoms with van der Waals surface area (Å²) in [6.07, 6.45) is 44.3. The lowest BCUT2D eigenvalue weighted by atomic mass is 10.0. The van der Waals surface area contributed by atoms with E-state index in [0.29, 0.717) is 12.8 Å². The molecule has 0 fully saturated rings. The van der Waals surface area contributed by atoms with Crippen molar-refractivity contribution in [2.45, 2.75) is 231 Å². The van der Waals surface area contributed by atoms with E-state index < -0.39 is 18.2 Å². The molecule has 278 valence electrons. The van der Waals surface area contributed by atoms with E-state index in [1.54, 1.807) is 0 Å². The maximum absolute atomic E-state index is 12.3. The number of aliphatic hydroxyl groups excluding tert-OH is 3. The molecule has 47 heavy (non-hydrogen) atoms. The highest BCUT2D eigenvalue weighted by molar-refractivity contribution is 5.76. The van der Waals surface area contributed by atoms with Gasteiger partial charge in [-0.2, -0.15) is 0 Å². The fourth-order valence-corrected chi connectivity index (χ4v) is 6.30.